The lowest BCUT2D eigenvalue weighted by Gasteiger charge is -2.11. The first-order chi connectivity index (χ1) is 10.0. The molecule has 0 aromatic heterocycles. The fourth-order valence-electron chi connectivity index (χ4n) is 1.87. The van der Waals surface area contributed by atoms with Gasteiger partial charge in [0.1, 0.15) is 11.5 Å². The van der Waals surface area contributed by atoms with Gasteiger partial charge in [0.2, 0.25) is 0 Å². The molecule has 0 unspecified atom stereocenters. The first-order valence-electron chi connectivity index (χ1n) is 6.97. The molecule has 112 valence electrons. The van der Waals surface area contributed by atoms with Crippen molar-refractivity contribution in [2.45, 2.75) is 20.4 Å². The predicted octanol–water partition coefficient (Wildman–Crippen LogP) is 5.48. The van der Waals surface area contributed by atoms with E-state index < -0.39 is 0 Å². The third-order valence-corrected chi connectivity index (χ3v) is 3.93. The Morgan fingerprint density at radius 2 is 1.86 bits per heavy atom. The molecule has 2 rings (SSSR count). The SMILES string of the molecule is CC(C)CNCc1ccc(Oc2ccc(I)cc2)c(Cl)c1. The minimum absolute atomic E-state index is 0.636. The highest BCUT2D eigenvalue weighted by molar-refractivity contribution is 14.1. The molecule has 0 heterocycles. The maximum Gasteiger partial charge on any atom is 0.146 e. The molecular formula is C17H19ClINO. The van der Waals surface area contributed by atoms with Crippen LogP contribution < -0.4 is 10.1 Å². The van der Waals surface area contributed by atoms with Crippen molar-refractivity contribution < 1.29 is 4.74 Å². The first kappa shape index (κ1) is 16.6. The molecule has 4 heteroatoms. The summed E-state index contributed by atoms with van der Waals surface area (Å²) in [5, 5.41) is 4.04. The van der Waals surface area contributed by atoms with Crippen LogP contribution in [0, 0.1) is 9.49 Å². The number of nitrogens with one attached hydrogen (secondary N) is 1. The van der Waals surface area contributed by atoms with E-state index in [1.54, 1.807) is 0 Å². The predicted molar refractivity (Wildman–Crippen MR) is 97.2 cm³/mol. The minimum atomic E-state index is 0.636. The molecule has 2 nitrogen and oxygen atoms in total. The molecule has 0 aliphatic heterocycles. The lowest BCUT2D eigenvalue weighted by molar-refractivity contribution is 0.482. The second-order valence-corrected chi connectivity index (χ2v) is 7.00. The molecule has 0 aliphatic carbocycles. The van der Waals surface area contributed by atoms with Crippen molar-refractivity contribution in [3.63, 3.8) is 0 Å². The van der Waals surface area contributed by atoms with Crippen LogP contribution in [0.3, 0.4) is 0 Å². The van der Waals surface area contributed by atoms with Crippen molar-refractivity contribution in [3.8, 4) is 11.5 Å². The standard InChI is InChI=1S/C17H19ClINO/c1-12(2)10-20-11-13-3-8-17(16(18)9-13)21-15-6-4-14(19)5-7-15/h3-9,12,20H,10-11H2,1-2H3. The van der Waals surface area contributed by atoms with Gasteiger partial charge in [0.15, 0.2) is 0 Å². The normalized spacial score (nSPS) is 10.9. The van der Waals surface area contributed by atoms with Crippen molar-refractivity contribution >= 4 is 34.2 Å². The number of benzene rings is 2. The van der Waals surface area contributed by atoms with E-state index >= 15 is 0 Å². The van der Waals surface area contributed by atoms with Gasteiger partial charge in [-0.3, -0.25) is 0 Å². The lowest BCUT2D eigenvalue weighted by Crippen LogP contribution is -2.18. The first-order valence-corrected chi connectivity index (χ1v) is 8.43. The van der Waals surface area contributed by atoms with Crippen LogP contribution in [0.25, 0.3) is 0 Å². The average Bonchev–Trinajstić information content (AvgIpc) is 2.44. The molecule has 0 atom stereocenters. The molecule has 2 aromatic rings. The summed E-state index contributed by atoms with van der Waals surface area (Å²) in [7, 11) is 0. The number of hydrogen-bond acceptors (Lipinski definition) is 2. The van der Waals surface area contributed by atoms with Crippen molar-refractivity contribution in [3.05, 3.63) is 56.6 Å². The van der Waals surface area contributed by atoms with Crippen molar-refractivity contribution in [1.29, 1.82) is 0 Å². The maximum atomic E-state index is 6.30. The second-order valence-electron chi connectivity index (χ2n) is 5.35. The molecule has 1 N–H and O–H groups in total. The summed E-state index contributed by atoms with van der Waals surface area (Å²) in [4.78, 5) is 0. The smallest absolute Gasteiger partial charge is 0.146 e. The van der Waals surface area contributed by atoms with Gasteiger partial charge in [0, 0.05) is 10.1 Å². The zero-order valence-corrected chi connectivity index (χ0v) is 15.1. The molecular weight excluding hydrogens is 397 g/mol. The molecule has 0 amide bonds. The Morgan fingerprint density at radius 3 is 2.48 bits per heavy atom. The van der Waals surface area contributed by atoms with E-state index in [0.29, 0.717) is 16.7 Å². The Morgan fingerprint density at radius 1 is 1.14 bits per heavy atom. The van der Waals surface area contributed by atoms with E-state index in [0.717, 1.165) is 24.4 Å². The lowest BCUT2D eigenvalue weighted by atomic mass is 10.2. The Bertz CT molecular complexity index is 584. The number of ether oxygens (including phenoxy) is 1. The minimum Gasteiger partial charge on any atom is -0.456 e. The molecule has 0 bridgehead atoms. The molecule has 0 saturated heterocycles. The zero-order chi connectivity index (χ0) is 15.2. The summed E-state index contributed by atoms with van der Waals surface area (Å²) in [5.74, 6) is 2.12. The molecule has 0 radical (unpaired) electrons. The summed E-state index contributed by atoms with van der Waals surface area (Å²) in [5.41, 5.74) is 1.16. The largest absolute Gasteiger partial charge is 0.456 e. The molecule has 0 spiro atoms. The highest BCUT2D eigenvalue weighted by Crippen LogP contribution is 2.30. The van der Waals surface area contributed by atoms with Gasteiger partial charge in [-0.15, -0.1) is 0 Å². The van der Waals surface area contributed by atoms with Gasteiger partial charge in [-0.2, -0.15) is 0 Å². The van der Waals surface area contributed by atoms with Crippen LogP contribution in [0.5, 0.6) is 11.5 Å². The fourth-order valence-corrected chi connectivity index (χ4v) is 2.47. The Kier molecular flexibility index (Phi) is 6.33. The number of halogens is 2. The van der Waals surface area contributed by atoms with E-state index in [9.17, 15) is 0 Å². The van der Waals surface area contributed by atoms with Gasteiger partial charge in [-0.25, -0.2) is 0 Å². The molecule has 2 aromatic carbocycles. The van der Waals surface area contributed by atoms with Crippen molar-refractivity contribution in [1.82, 2.24) is 5.32 Å². The summed E-state index contributed by atoms with van der Waals surface area (Å²) in [6, 6.07) is 13.8. The highest BCUT2D eigenvalue weighted by atomic mass is 127. The number of rotatable bonds is 6. The second kappa shape index (κ2) is 8.01. The van der Waals surface area contributed by atoms with Gasteiger partial charge in [-0.1, -0.05) is 31.5 Å². The van der Waals surface area contributed by atoms with Gasteiger partial charge < -0.3 is 10.1 Å². The van der Waals surface area contributed by atoms with Gasteiger partial charge in [-0.05, 0) is 77.0 Å². The van der Waals surface area contributed by atoms with E-state index in [2.05, 4.69) is 41.8 Å². The zero-order valence-electron chi connectivity index (χ0n) is 12.2. The van der Waals surface area contributed by atoms with Crippen LogP contribution in [-0.2, 0) is 6.54 Å². The van der Waals surface area contributed by atoms with Crippen molar-refractivity contribution in [2.75, 3.05) is 6.54 Å². The molecule has 0 saturated carbocycles. The van der Waals surface area contributed by atoms with E-state index in [1.165, 1.54) is 3.57 Å². The van der Waals surface area contributed by atoms with Crippen LogP contribution in [-0.4, -0.2) is 6.54 Å². The maximum absolute atomic E-state index is 6.30. The van der Waals surface area contributed by atoms with Crippen LogP contribution in [0.15, 0.2) is 42.5 Å². The molecule has 0 fully saturated rings. The summed E-state index contributed by atoms with van der Waals surface area (Å²) < 4.78 is 6.98. The van der Waals surface area contributed by atoms with Crippen LogP contribution in [0.2, 0.25) is 5.02 Å². The summed E-state index contributed by atoms with van der Waals surface area (Å²) >= 11 is 8.56. The van der Waals surface area contributed by atoms with Gasteiger partial charge in [0.05, 0.1) is 5.02 Å². The van der Waals surface area contributed by atoms with Crippen LogP contribution >= 0.6 is 34.2 Å². The topological polar surface area (TPSA) is 21.3 Å². The van der Waals surface area contributed by atoms with Gasteiger partial charge >= 0.3 is 0 Å². The molecule has 0 aliphatic rings. The van der Waals surface area contributed by atoms with Crippen LogP contribution in [0.4, 0.5) is 0 Å². The Hall–Kier alpha value is -0.780. The van der Waals surface area contributed by atoms with E-state index in [-0.39, 0.29) is 0 Å². The Labute approximate surface area is 145 Å². The number of hydrogen-bond donors (Lipinski definition) is 1. The summed E-state index contributed by atoms with van der Waals surface area (Å²) in [6.07, 6.45) is 0. The van der Waals surface area contributed by atoms with Crippen LogP contribution in [0.1, 0.15) is 19.4 Å². The third kappa shape index (κ3) is 5.49. The average molecular weight is 416 g/mol. The summed E-state index contributed by atoms with van der Waals surface area (Å²) in [6.45, 7) is 6.20. The van der Waals surface area contributed by atoms with E-state index in [4.69, 9.17) is 16.3 Å². The van der Waals surface area contributed by atoms with E-state index in [1.807, 2.05) is 42.5 Å². The fraction of sp³-hybridized carbons (Fsp3) is 0.294. The molecule has 21 heavy (non-hydrogen) atoms. The Balaban J connectivity index is 2.00. The third-order valence-electron chi connectivity index (χ3n) is 2.92. The quantitative estimate of drug-likeness (QED) is 0.631. The van der Waals surface area contributed by atoms with Gasteiger partial charge in [0.25, 0.3) is 0 Å². The van der Waals surface area contributed by atoms with Crippen molar-refractivity contribution in [2.24, 2.45) is 5.92 Å². The monoisotopic (exact) mass is 415 g/mol. The highest BCUT2D eigenvalue weighted by Gasteiger charge is 2.05.